The van der Waals surface area contributed by atoms with Crippen LogP contribution in [-0.4, -0.2) is 18.4 Å². The molecule has 1 fully saturated rings. The Balaban J connectivity index is 1.94. The Morgan fingerprint density at radius 3 is 2.48 bits per heavy atom. The van der Waals surface area contributed by atoms with Crippen LogP contribution >= 0.6 is 0 Å². The summed E-state index contributed by atoms with van der Waals surface area (Å²) in [6.45, 7) is 4.78. The molecule has 0 aromatic heterocycles. The van der Waals surface area contributed by atoms with E-state index < -0.39 is 5.41 Å². The summed E-state index contributed by atoms with van der Waals surface area (Å²) >= 11 is 0. The molecule has 1 aliphatic rings. The van der Waals surface area contributed by atoms with Gasteiger partial charge in [-0.3, -0.25) is 9.59 Å². The van der Waals surface area contributed by atoms with Crippen molar-refractivity contribution in [3.63, 3.8) is 0 Å². The molecule has 0 radical (unpaired) electrons. The van der Waals surface area contributed by atoms with Gasteiger partial charge in [0, 0.05) is 24.7 Å². The van der Waals surface area contributed by atoms with Crippen LogP contribution in [0.3, 0.4) is 0 Å². The largest absolute Gasteiger partial charge is 0.352 e. The van der Waals surface area contributed by atoms with Crippen LogP contribution in [0.25, 0.3) is 0 Å². The molecule has 1 saturated carbocycles. The second-order valence-corrected chi connectivity index (χ2v) is 7.05. The lowest BCUT2D eigenvalue weighted by atomic mass is 9.81. The number of anilines is 1. The zero-order chi connectivity index (χ0) is 18.3. The number of hydrogen-bond acceptors (Lipinski definition) is 3. The zero-order valence-electron chi connectivity index (χ0n) is 15.4. The molecule has 25 heavy (non-hydrogen) atoms. The number of benzene rings is 1. The van der Waals surface area contributed by atoms with E-state index in [1.54, 1.807) is 0 Å². The molecule has 4 N–H and O–H groups in total. The standard InChI is InChI=1S/C20H31N3O2/c1-3-20(4-2,14-21)19(25)22-13-15-8-7-11-17(12-15)23-18(24)16-9-5-6-10-16/h7-8,11-12,16H,3-6,9-10,13-14,21H2,1-2H3,(H,22,25)(H,23,24). The molecule has 0 unspecified atom stereocenters. The van der Waals surface area contributed by atoms with Gasteiger partial charge in [0.25, 0.3) is 0 Å². The van der Waals surface area contributed by atoms with E-state index in [0.29, 0.717) is 13.1 Å². The van der Waals surface area contributed by atoms with Crippen LogP contribution in [0.5, 0.6) is 0 Å². The van der Waals surface area contributed by atoms with E-state index in [9.17, 15) is 9.59 Å². The maximum absolute atomic E-state index is 12.5. The van der Waals surface area contributed by atoms with Crippen molar-refractivity contribution in [3.05, 3.63) is 29.8 Å². The average molecular weight is 345 g/mol. The normalized spacial score (nSPS) is 15.2. The van der Waals surface area contributed by atoms with Crippen molar-refractivity contribution in [2.75, 3.05) is 11.9 Å². The highest BCUT2D eigenvalue weighted by molar-refractivity contribution is 5.92. The fraction of sp³-hybridized carbons (Fsp3) is 0.600. The number of carbonyl (C=O) groups excluding carboxylic acids is 2. The maximum Gasteiger partial charge on any atom is 0.227 e. The molecule has 1 aliphatic carbocycles. The van der Waals surface area contributed by atoms with Gasteiger partial charge < -0.3 is 16.4 Å². The average Bonchev–Trinajstić information content (AvgIpc) is 3.17. The summed E-state index contributed by atoms with van der Waals surface area (Å²) in [5.41, 5.74) is 7.10. The molecule has 0 spiro atoms. The van der Waals surface area contributed by atoms with Gasteiger partial charge in [0.15, 0.2) is 0 Å². The lowest BCUT2D eigenvalue weighted by molar-refractivity contribution is -0.131. The second kappa shape index (κ2) is 8.99. The van der Waals surface area contributed by atoms with Crippen molar-refractivity contribution in [1.82, 2.24) is 5.32 Å². The minimum atomic E-state index is -0.492. The van der Waals surface area contributed by atoms with Crippen molar-refractivity contribution in [2.45, 2.75) is 58.9 Å². The summed E-state index contributed by atoms with van der Waals surface area (Å²) in [5.74, 6) is 0.251. The van der Waals surface area contributed by atoms with Crippen LogP contribution in [0.1, 0.15) is 57.9 Å². The molecule has 5 nitrogen and oxygen atoms in total. The minimum Gasteiger partial charge on any atom is -0.352 e. The number of amides is 2. The predicted molar refractivity (Wildman–Crippen MR) is 101 cm³/mol. The first-order chi connectivity index (χ1) is 12.0. The second-order valence-electron chi connectivity index (χ2n) is 7.05. The maximum atomic E-state index is 12.5. The molecule has 1 aromatic carbocycles. The Labute approximate surface area is 150 Å². The van der Waals surface area contributed by atoms with Crippen molar-refractivity contribution in [1.29, 1.82) is 0 Å². The summed E-state index contributed by atoms with van der Waals surface area (Å²) in [4.78, 5) is 24.8. The van der Waals surface area contributed by atoms with Crippen molar-refractivity contribution < 1.29 is 9.59 Å². The minimum absolute atomic E-state index is 0.000365. The quantitative estimate of drug-likeness (QED) is 0.676. The third-order valence-electron chi connectivity index (χ3n) is 5.60. The number of hydrogen-bond donors (Lipinski definition) is 3. The molecule has 2 rings (SSSR count). The van der Waals surface area contributed by atoms with Gasteiger partial charge in [-0.05, 0) is 43.4 Å². The lowest BCUT2D eigenvalue weighted by Gasteiger charge is -2.28. The van der Waals surface area contributed by atoms with E-state index >= 15 is 0 Å². The Kier molecular flexibility index (Phi) is 7.00. The van der Waals surface area contributed by atoms with Gasteiger partial charge in [0.1, 0.15) is 0 Å². The highest BCUT2D eigenvalue weighted by Crippen LogP contribution is 2.27. The molecule has 0 bridgehead atoms. The monoisotopic (exact) mass is 345 g/mol. The van der Waals surface area contributed by atoms with Crippen LogP contribution in [-0.2, 0) is 16.1 Å². The SMILES string of the molecule is CCC(CC)(CN)C(=O)NCc1cccc(NC(=O)C2CCCC2)c1. The van der Waals surface area contributed by atoms with Gasteiger partial charge in [0.2, 0.25) is 11.8 Å². The smallest absolute Gasteiger partial charge is 0.227 e. The van der Waals surface area contributed by atoms with Crippen LogP contribution in [0, 0.1) is 11.3 Å². The van der Waals surface area contributed by atoms with Crippen molar-refractivity contribution in [2.24, 2.45) is 17.1 Å². The predicted octanol–water partition coefficient (Wildman–Crippen LogP) is 3.20. The van der Waals surface area contributed by atoms with Gasteiger partial charge in [-0.2, -0.15) is 0 Å². The highest BCUT2D eigenvalue weighted by Gasteiger charge is 2.32. The van der Waals surface area contributed by atoms with Crippen molar-refractivity contribution >= 4 is 17.5 Å². The summed E-state index contributed by atoms with van der Waals surface area (Å²) in [5, 5.41) is 6.00. The third-order valence-corrected chi connectivity index (χ3v) is 5.60. The summed E-state index contributed by atoms with van der Waals surface area (Å²) in [7, 11) is 0. The van der Waals surface area contributed by atoms with E-state index in [1.807, 2.05) is 38.1 Å². The third kappa shape index (κ3) is 4.82. The zero-order valence-corrected chi connectivity index (χ0v) is 15.4. The van der Waals surface area contributed by atoms with Crippen LogP contribution in [0.4, 0.5) is 5.69 Å². The number of nitrogens with one attached hydrogen (secondary N) is 2. The molecular weight excluding hydrogens is 314 g/mol. The molecule has 0 heterocycles. The van der Waals surface area contributed by atoms with Gasteiger partial charge in [0.05, 0.1) is 5.41 Å². The number of nitrogens with two attached hydrogens (primary N) is 1. The first-order valence-electron chi connectivity index (χ1n) is 9.43. The van der Waals surface area contributed by atoms with Crippen LogP contribution in [0.2, 0.25) is 0 Å². The fourth-order valence-electron chi connectivity index (χ4n) is 3.51. The van der Waals surface area contributed by atoms with Crippen LogP contribution in [0.15, 0.2) is 24.3 Å². The Hall–Kier alpha value is -1.88. The summed E-state index contributed by atoms with van der Waals surface area (Å²) in [6.07, 6.45) is 5.70. The van der Waals surface area contributed by atoms with Gasteiger partial charge in [-0.1, -0.05) is 38.8 Å². The van der Waals surface area contributed by atoms with Crippen LogP contribution < -0.4 is 16.4 Å². The summed E-state index contributed by atoms with van der Waals surface area (Å²) < 4.78 is 0. The van der Waals surface area contributed by atoms with Crippen molar-refractivity contribution in [3.8, 4) is 0 Å². The first kappa shape index (κ1) is 19.4. The van der Waals surface area contributed by atoms with E-state index in [-0.39, 0.29) is 17.7 Å². The Bertz CT molecular complexity index is 582. The van der Waals surface area contributed by atoms with E-state index in [4.69, 9.17) is 5.73 Å². The molecule has 0 aliphatic heterocycles. The number of rotatable bonds is 8. The lowest BCUT2D eigenvalue weighted by Crippen LogP contribution is -2.45. The molecule has 0 saturated heterocycles. The Morgan fingerprint density at radius 2 is 1.88 bits per heavy atom. The van der Waals surface area contributed by atoms with E-state index in [1.165, 1.54) is 0 Å². The van der Waals surface area contributed by atoms with E-state index in [0.717, 1.165) is 49.8 Å². The number of carbonyl (C=O) groups is 2. The fourth-order valence-corrected chi connectivity index (χ4v) is 3.51. The van der Waals surface area contributed by atoms with Gasteiger partial charge >= 0.3 is 0 Å². The molecule has 1 aromatic rings. The first-order valence-corrected chi connectivity index (χ1v) is 9.43. The van der Waals surface area contributed by atoms with E-state index in [2.05, 4.69) is 10.6 Å². The molecular formula is C20H31N3O2. The molecule has 0 atom stereocenters. The molecule has 138 valence electrons. The molecule has 5 heteroatoms. The topological polar surface area (TPSA) is 84.2 Å². The van der Waals surface area contributed by atoms with Gasteiger partial charge in [-0.25, -0.2) is 0 Å². The molecule has 2 amide bonds. The Morgan fingerprint density at radius 1 is 1.20 bits per heavy atom. The summed E-state index contributed by atoms with van der Waals surface area (Å²) in [6, 6.07) is 7.67. The van der Waals surface area contributed by atoms with Gasteiger partial charge in [-0.15, -0.1) is 0 Å². The highest BCUT2D eigenvalue weighted by atomic mass is 16.2.